The first-order chi connectivity index (χ1) is 11.5. The third kappa shape index (κ3) is 7.81. The molecule has 0 aliphatic heterocycles. The van der Waals surface area contributed by atoms with E-state index in [1.165, 1.54) is 18.2 Å². The van der Waals surface area contributed by atoms with Crippen LogP contribution in [-0.2, 0) is 6.18 Å². The van der Waals surface area contributed by atoms with Crippen molar-refractivity contribution < 1.29 is 17.9 Å². The lowest BCUT2D eigenvalue weighted by Crippen LogP contribution is -2.39. The quantitative estimate of drug-likeness (QED) is 0.401. The van der Waals surface area contributed by atoms with Gasteiger partial charge in [-0.3, -0.25) is 4.99 Å². The summed E-state index contributed by atoms with van der Waals surface area (Å²) < 4.78 is 43.8. The van der Waals surface area contributed by atoms with E-state index >= 15 is 0 Å². The van der Waals surface area contributed by atoms with Gasteiger partial charge in [0.1, 0.15) is 12.4 Å². The number of unbranched alkanes of at least 4 members (excludes halogenated alkanes) is 1. The van der Waals surface area contributed by atoms with Gasteiger partial charge in [-0.05, 0) is 37.0 Å². The molecule has 0 radical (unpaired) electrons. The molecule has 1 rings (SSSR count). The topological polar surface area (TPSA) is 45.7 Å². The molecule has 0 spiro atoms. The van der Waals surface area contributed by atoms with Crippen molar-refractivity contribution in [2.45, 2.75) is 19.0 Å². The van der Waals surface area contributed by atoms with Gasteiger partial charge in [-0.15, -0.1) is 0 Å². The normalized spacial score (nSPS) is 12.1. The molecule has 0 aromatic heterocycles. The van der Waals surface area contributed by atoms with E-state index in [4.69, 9.17) is 4.74 Å². The number of thioether (sulfide) groups is 1. The van der Waals surface area contributed by atoms with E-state index in [1.54, 1.807) is 7.05 Å². The first-order valence-electron chi connectivity index (χ1n) is 7.71. The van der Waals surface area contributed by atoms with Crippen molar-refractivity contribution in [1.29, 1.82) is 0 Å². The summed E-state index contributed by atoms with van der Waals surface area (Å²) in [6, 6.07) is 5.20. The van der Waals surface area contributed by atoms with Gasteiger partial charge in [0, 0.05) is 13.6 Å². The Labute approximate surface area is 145 Å². The Morgan fingerprint density at radius 3 is 2.54 bits per heavy atom. The average molecular weight is 363 g/mol. The molecule has 1 aromatic carbocycles. The van der Waals surface area contributed by atoms with Crippen LogP contribution in [0.2, 0.25) is 0 Å². The molecular weight excluding hydrogens is 339 g/mol. The van der Waals surface area contributed by atoms with E-state index in [-0.39, 0.29) is 12.4 Å². The Morgan fingerprint density at radius 2 is 1.88 bits per heavy atom. The molecule has 0 amide bonds. The number of guanidine groups is 1. The van der Waals surface area contributed by atoms with Crippen LogP contribution in [0.25, 0.3) is 0 Å². The van der Waals surface area contributed by atoms with Gasteiger partial charge < -0.3 is 15.4 Å². The minimum absolute atomic E-state index is 0.111. The number of aliphatic imine (C=N–C) groups is 1. The molecule has 0 fully saturated rings. The van der Waals surface area contributed by atoms with Crippen LogP contribution in [0.4, 0.5) is 13.2 Å². The number of hydrogen-bond donors (Lipinski definition) is 2. The van der Waals surface area contributed by atoms with Crippen LogP contribution >= 0.6 is 11.8 Å². The standard InChI is InChI=1S/C16H24F3N3OS/c1-20-15(21-9-5-6-12-24-2)22-10-11-23-14-8-4-3-7-13(14)16(17,18)19/h3-4,7-8H,5-6,9-12H2,1-2H3,(H2,20,21,22). The minimum atomic E-state index is -4.42. The predicted molar refractivity (Wildman–Crippen MR) is 93.9 cm³/mol. The second-order valence-electron chi connectivity index (χ2n) is 4.97. The molecular formula is C16H24F3N3OS. The number of para-hydroxylation sites is 1. The summed E-state index contributed by atoms with van der Waals surface area (Å²) in [6.07, 6.45) is -0.178. The number of ether oxygens (including phenoxy) is 1. The van der Waals surface area contributed by atoms with Gasteiger partial charge in [0.15, 0.2) is 5.96 Å². The molecule has 8 heteroatoms. The summed E-state index contributed by atoms with van der Waals surface area (Å²) in [4.78, 5) is 4.06. The van der Waals surface area contributed by atoms with E-state index in [9.17, 15) is 13.2 Å². The van der Waals surface area contributed by atoms with Gasteiger partial charge in [-0.1, -0.05) is 12.1 Å². The van der Waals surface area contributed by atoms with E-state index < -0.39 is 11.7 Å². The Morgan fingerprint density at radius 1 is 1.17 bits per heavy atom. The molecule has 24 heavy (non-hydrogen) atoms. The fourth-order valence-electron chi connectivity index (χ4n) is 1.96. The Kier molecular flexibility index (Phi) is 9.44. The molecule has 0 aliphatic carbocycles. The highest BCUT2D eigenvalue weighted by molar-refractivity contribution is 7.98. The second-order valence-corrected chi connectivity index (χ2v) is 5.95. The van der Waals surface area contributed by atoms with Crippen LogP contribution < -0.4 is 15.4 Å². The number of nitrogens with zero attached hydrogens (tertiary/aromatic N) is 1. The van der Waals surface area contributed by atoms with Gasteiger partial charge in [0.2, 0.25) is 0 Å². The molecule has 2 N–H and O–H groups in total. The van der Waals surface area contributed by atoms with Crippen molar-refractivity contribution in [2.24, 2.45) is 4.99 Å². The zero-order valence-corrected chi connectivity index (χ0v) is 14.8. The molecule has 136 valence electrons. The molecule has 0 bridgehead atoms. The summed E-state index contributed by atoms with van der Waals surface area (Å²) >= 11 is 1.81. The van der Waals surface area contributed by atoms with Crippen molar-refractivity contribution >= 4 is 17.7 Å². The Bertz CT molecular complexity index is 510. The lowest BCUT2D eigenvalue weighted by atomic mass is 10.2. The highest BCUT2D eigenvalue weighted by Gasteiger charge is 2.33. The Balaban J connectivity index is 2.32. The largest absolute Gasteiger partial charge is 0.491 e. The lowest BCUT2D eigenvalue weighted by Gasteiger charge is -2.15. The monoisotopic (exact) mass is 363 g/mol. The van der Waals surface area contributed by atoms with Crippen LogP contribution in [0.3, 0.4) is 0 Å². The summed E-state index contributed by atoms with van der Waals surface area (Å²) in [6.45, 7) is 1.27. The van der Waals surface area contributed by atoms with Crippen molar-refractivity contribution in [3.63, 3.8) is 0 Å². The molecule has 0 atom stereocenters. The molecule has 4 nitrogen and oxygen atoms in total. The molecule has 0 saturated heterocycles. The number of rotatable bonds is 9. The van der Waals surface area contributed by atoms with Crippen LogP contribution in [0.1, 0.15) is 18.4 Å². The maximum atomic E-state index is 12.8. The van der Waals surface area contributed by atoms with Crippen LogP contribution in [0.15, 0.2) is 29.3 Å². The van der Waals surface area contributed by atoms with Gasteiger partial charge in [-0.25, -0.2) is 0 Å². The van der Waals surface area contributed by atoms with Gasteiger partial charge in [-0.2, -0.15) is 24.9 Å². The summed E-state index contributed by atoms with van der Waals surface area (Å²) in [5, 5.41) is 6.17. The van der Waals surface area contributed by atoms with Crippen molar-refractivity contribution in [3.8, 4) is 5.75 Å². The highest BCUT2D eigenvalue weighted by atomic mass is 32.2. The summed E-state index contributed by atoms with van der Waals surface area (Å²) in [5.41, 5.74) is -0.763. The minimum Gasteiger partial charge on any atom is -0.491 e. The number of halogens is 3. The van der Waals surface area contributed by atoms with Gasteiger partial charge >= 0.3 is 6.18 Å². The van der Waals surface area contributed by atoms with Crippen LogP contribution in [-0.4, -0.2) is 44.7 Å². The van der Waals surface area contributed by atoms with Crippen molar-refractivity contribution in [3.05, 3.63) is 29.8 Å². The number of alkyl halides is 3. The van der Waals surface area contributed by atoms with Crippen LogP contribution in [0, 0.1) is 0 Å². The fourth-order valence-corrected chi connectivity index (χ4v) is 2.45. The number of nitrogens with one attached hydrogen (secondary N) is 2. The first kappa shape index (κ1) is 20.5. The predicted octanol–water partition coefficient (Wildman–Crippen LogP) is 3.39. The maximum absolute atomic E-state index is 12.8. The number of hydrogen-bond acceptors (Lipinski definition) is 3. The average Bonchev–Trinajstić information content (AvgIpc) is 2.56. The van der Waals surface area contributed by atoms with Crippen molar-refractivity contribution in [1.82, 2.24) is 10.6 Å². The van der Waals surface area contributed by atoms with E-state index in [2.05, 4.69) is 21.9 Å². The molecule has 1 aromatic rings. The smallest absolute Gasteiger partial charge is 0.419 e. The molecule has 0 unspecified atom stereocenters. The SMILES string of the molecule is CN=C(NCCCCSC)NCCOc1ccccc1C(F)(F)F. The summed E-state index contributed by atoms with van der Waals surface area (Å²) in [5.74, 6) is 1.58. The van der Waals surface area contributed by atoms with Gasteiger partial charge in [0.05, 0.1) is 12.1 Å². The molecule has 0 aliphatic rings. The van der Waals surface area contributed by atoms with E-state index in [0.29, 0.717) is 12.5 Å². The second kappa shape index (κ2) is 11.1. The third-order valence-electron chi connectivity index (χ3n) is 3.14. The first-order valence-corrected chi connectivity index (χ1v) is 9.11. The zero-order valence-electron chi connectivity index (χ0n) is 13.9. The third-order valence-corrected chi connectivity index (χ3v) is 3.83. The highest BCUT2D eigenvalue weighted by Crippen LogP contribution is 2.35. The summed E-state index contributed by atoms with van der Waals surface area (Å²) in [7, 11) is 1.65. The Hall–Kier alpha value is -1.57. The van der Waals surface area contributed by atoms with Crippen molar-refractivity contribution in [2.75, 3.05) is 38.8 Å². The lowest BCUT2D eigenvalue weighted by molar-refractivity contribution is -0.138. The van der Waals surface area contributed by atoms with Crippen LogP contribution in [0.5, 0.6) is 5.75 Å². The fraction of sp³-hybridized carbons (Fsp3) is 0.562. The number of benzene rings is 1. The maximum Gasteiger partial charge on any atom is 0.419 e. The van der Waals surface area contributed by atoms with Gasteiger partial charge in [0.25, 0.3) is 0 Å². The van der Waals surface area contributed by atoms with E-state index in [1.807, 2.05) is 11.8 Å². The molecule has 0 saturated carbocycles. The van der Waals surface area contributed by atoms with E-state index in [0.717, 1.165) is 31.2 Å². The zero-order chi connectivity index (χ0) is 17.8. The molecule has 0 heterocycles.